The number of rotatable bonds is 5. The number of nitrogens with zero attached hydrogens (tertiary/aromatic N) is 2. The molecule has 0 aliphatic heterocycles. The van der Waals surface area contributed by atoms with Crippen molar-refractivity contribution in [3.05, 3.63) is 17.3 Å². The van der Waals surface area contributed by atoms with Gasteiger partial charge in [0.05, 0.1) is 16.0 Å². The smallest absolute Gasteiger partial charge is 0.151 e. The first-order valence-electron chi connectivity index (χ1n) is 5.66. The Hall–Kier alpha value is -1.21. The summed E-state index contributed by atoms with van der Waals surface area (Å²) in [5, 5.41) is 5.09. The van der Waals surface area contributed by atoms with Crippen molar-refractivity contribution in [3.8, 4) is 0 Å². The fourth-order valence-corrected chi connectivity index (χ4v) is 3.23. The highest BCUT2D eigenvalue weighted by Gasteiger charge is 2.10. The van der Waals surface area contributed by atoms with Crippen molar-refractivity contribution < 1.29 is 8.42 Å². The molecule has 0 fully saturated rings. The molecule has 2 aromatic rings. The molecule has 98 valence electrons. The van der Waals surface area contributed by atoms with Gasteiger partial charge in [-0.15, -0.1) is 11.3 Å². The summed E-state index contributed by atoms with van der Waals surface area (Å²) in [7, 11) is -2.94. The summed E-state index contributed by atoms with van der Waals surface area (Å²) in [6.07, 6.45) is 1.50. The summed E-state index contributed by atoms with van der Waals surface area (Å²) >= 11 is 1.57. The Balaban J connectivity index is 2.13. The van der Waals surface area contributed by atoms with E-state index in [1.807, 2.05) is 12.3 Å². The van der Waals surface area contributed by atoms with Gasteiger partial charge in [-0.2, -0.15) is 0 Å². The molecule has 0 unspecified atom stereocenters. The van der Waals surface area contributed by atoms with Crippen LogP contribution < -0.4 is 5.32 Å². The highest BCUT2D eigenvalue weighted by Crippen LogP contribution is 2.28. The Bertz CT molecular complexity index is 649. The molecule has 0 aliphatic carbocycles. The zero-order valence-electron chi connectivity index (χ0n) is 10.3. The molecular weight excluding hydrogens is 270 g/mol. The number of sulfone groups is 1. The Morgan fingerprint density at radius 2 is 2.17 bits per heavy atom. The van der Waals surface area contributed by atoms with E-state index in [2.05, 4.69) is 15.3 Å². The average molecular weight is 285 g/mol. The fraction of sp³-hybridized carbons (Fsp3) is 0.455. The standard InChI is InChI=1S/C11H15N3O2S2/c1-3-18(15,16)5-4-12-11-10-9(13-7-14-11)8(2)6-17-10/h6-7H,3-5H2,1-2H3,(H,12,13,14). The Labute approximate surface area is 110 Å². The highest BCUT2D eigenvalue weighted by molar-refractivity contribution is 7.91. The first kappa shape index (κ1) is 13.2. The maximum atomic E-state index is 11.4. The number of thiophene rings is 1. The van der Waals surface area contributed by atoms with E-state index in [4.69, 9.17) is 0 Å². The number of aryl methyl sites for hydroxylation is 1. The molecule has 5 nitrogen and oxygen atoms in total. The van der Waals surface area contributed by atoms with E-state index < -0.39 is 9.84 Å². The van der Waals surface area contributed by atoms with Crippen LogP contribution in [0.25, 0.3) is 10.2 Å². The zero-order valence-corrected chi connectivity index (χ0v) is 11.9. The molecule has 2 heterocycles. The van der Waals surface area contributed by atoms with Gasteiger partial charge in [0.25, 0.3) is 0 Å². The van der Waals surface area contributed by atoms with E-state index in [0.29, 0.717) is 12.4 Å². The Kier molecular flexibility index (Phi) is 3.82. The molecule has 0 aromatic carbocycles. The summed E-state index contributed by atoms with van der Waals surface area (Å²) in [6, 6.07) is 0. The van der Waals surface area contributed by atoms with Crippen LogP contribution in [0.2, 0.25) is 0 Å². The van der Waals surface area contributed by atoms with Crippen molar-refractivity contribution >= 4 is 37.2 Å². The van der Waals surface area contributed by atoms with E-state index >= 15 is 0 Å². The molecule has 0 atom stereocenters. The summed E-state index contributed by atoms with van der Waals surface area (Å²) in [5.74, 6) is 1.01. The van der Waals surface area contributed by atoms with Gasteiger partial charge in [-0.1, -0.05) is 6.92 Å². The quantitative estimate of drug-likeness (QED) is 0.907. The average Bonchev–Trinajstić information content (AvgIpc) is 2.72. The summed E-state index contributed by atoms with van der Waals surface area (Å²) in [6.45, 7) is 4.03. The number of hydrogen-bond donors (Lipinski definition) is 1. The van der Waals surface area contributed by atoms with Gasteiger partial charge in [0.15, 0.2) is 9.84 Å². The third kappa shape index (κ3) is 2.78. The lowest BCUT2D eigenvalue weighted by Crippen LogP contribution is -2.17. The minimum Gasteiger partial charge on any atom is -0.368 e. The molecule has 0 amide bonds. The molecule has 18 heavy (non-hydrogen) atoms. The summed E-state index contributed by atoms with van der Waals surface area (Å²) in [5.41, 5.74) is 2.04. The van der Waals surface area contributed by atoms with Crippen molar-refractivity contribution in [3.63, 3.8) is 0 Å². The molecule has 0 saturated heterocycles. The van der Waals surface area contributed by atoms with E-state index in [1.165, 1.54) is 6.33 Å². The molecule has 0 aliphatic rings. The van der Waals surface area contributed by atoms with Crippen LogP contribution in [-0.4, -0.2) is 36.4 Å². The SMILES string of the molecule is CCS(=O)(=O)CCNc1ncnc2c(C)csc12. The first-order valence-corrected chi connectivity index (χ1v) is 8.36. The van der Waals surface area contributed by atoms with E-state index in [-0.39, 0.29) is 11.5 Å². The number of aromatic nitrogens is 2. The molecule has 0 saturated carbocycles. The van der Waals surface area contributed by atoms with Crippen molar-refractivity contribution in [2.24, 2.45) is 0 Å². The summed E-state index contributed by atoms with van der Waals surface area (Å²) in [4.78, 5) is 8.37. The third-order valence-electron chi connectivity index (χ3n) is 2.68. The van der Waals surface area contributed by atoms with Crippen LogP contribution in [-0.2, 0) is 9.84 Å². The van der Waals surface area contributed by atoms with Crippen molar-refractivity contribution in [1.29, 1.82) is 0 Å². The second-order valence-electron chi connectivity index (χ2n) is 3.98. The van der Waals surface area contributed by atoms with Gasteiger partial charge in [0, 0.05) is 12.3 Å². The van der Waals surface area contributed by atoms with Gasteiger partial charge in [-0.3, -0.25) is 0 Å². The maximum Gasteiger partial charge on any atom is 0.151 e. The lowest BCUT2D eigenvalue weighted by molar-refractivity contribution is 0.597. The predicted molar refractivity (Wildman–Crippen MR) is 75.0 cm³/mol. The van der Waals surface area contributed by atoms with Gasteiger partial charge in [0.1, 0.15) is 12.1 Å². The van der Waals surface area contributed by atoms with Gasteiger partial charge in [-0.05, 0) is 17.9 Å². The lowest BCUT2D eigenvalue weighted by Gasteiger charge is -2.06. The van der Waals surface area contributed by atoms with Crippen LogP contribution in [0.3, 0.4) is 0 Å². The molecule has 0 radical (unpaired) electrons. The van der Waals surface area contributed by atoms with E-state index in [9.17, 15) is 8.42 Å². The van der Waals surface area contributed by atoms with Crippen LogP contribution >= 0.6 is 11.3 Å². The molecule has 0 bridgehead atoms. The maximum absolute atomic E-state index is 11.4. The number of fused-ring (bicyclic) bond motifs is 1. The topological polar surface area (TPSA) is 72.0 Å². The minimum absolute atomic E-state index is 0.124. The number of nitrogens with one attached hydrogen (secondary N) is 1. The molecule has 2 aromatic heterocycles. The monoisotopic (exact) mass is 285 g/mol. The summed E-state index contributed by atoms with van der Waals surface area (Å²) < 4.78 is 23.7. The lowest BCUT2D eigenvalue weighted by atomic mass is 10.3. The molecule has 0 spiro atoms. The van der Waals surface area contributed by atoms with Gasteiger partial charge in [-0.25, -0.2) is 18.4 Å². The zero-order chi connectivity index (χ0) is 13.2. The molecular formula is C11H15N3O2S2. The Morgan fingerprint density at radius 1 is 1.39 bits per heavy atom. The van der Waals surface area contributed by atoms with Gasteiger partial charge >= 0.3 is 0 Å². The molecule has 1 N–H and O–H groups in total. The Morgan fingerprint density at radius 3 is 2.89 bits per heavy atom. The van der Waals surface area contributed by atoms with Crippen molar-refractivity contribution in [2.45, 2.75) is 13.8 Å². The number of hydrogen-bond acceptors (Lipinski definition) is 6. The van der Waals surface area contributed by atoms with Gasteiger partial charge < -0.3 is 5.32 Å². The number of anilines is 1. The molecule has 2 rings (SSSR count). The molecule has 7 heteroatoms. The van der Waals surface area contributed by atoms with Gasteiger partial charge in [0.2, 0.25) is 0 Å². The largest absolute Gasteiger partial charge is 0.368 e. The second-order valence-corrected chi connectivity index (χ2v) is 7.33. The van der Waals surface area contributed by atoms with Crippen molar-refractivity contribution in [2.75, 3.05) is 23.4 Å². The van der Waals surface area contributed by atoms with Crippen LogP contribution in [0.15, 0.2) is 11.7 Å². The van der Waals surface area contributed by atoms with Crippen LogP contribution in [0.5, 0.6) is 0 Å². The van der Waals surface area contributed by atoms with E-state index in [0.717, 1.165) is 15.8 Å². The van der Waals surface area contributed by atoms with Crippen molar-refractivity contribution in [1.82, 2.24) is 9.97 Å². The van der Waals surface area contributed by atoms with E-state index in [1.54, 1.807) is 18.3 Å². The fourth-order valence-electron chi connectivity index (χ4n) is 1.56. The van der Waals surface area contributed by atoms with Crippen LogP contribution in [0.4, 0.5) is 5.82 Å². The normalized spacial score (nSPS) is 11.9. The predicted octanol–water partition coefficient (Wildman–Crippen LogP) is 1.85. The second kappa shape index (κ2) is 5.19. The van der Waals surface area contributed by atoms with Crippen LogP contribution in [0, 0.1) is 6.92 Å². The first-order chi connectivity index (χ1) is 8.53. The minimum atomic E-state index is -2.94. The highest BCUT2D eigenvalue weighted by atomic mass is 32.2. The third-order valence-corrected chi connectivity index (χ3v) is 5.48. The van der Waals surface area contributed by atoms with Crippen LogP contribution in [0.1, 0.15) is 12.5 Å².